The highest BCUT2D eigenvalue weighted by Crippen LogP contribution is 2.29. The van der Waals surface area contributed by atoms with Gasteiger partial charge in [-0.15, -0.1) is 0 Å². The van der Waals surface area contributed by atoms with E-state index in [0.29, 0.717) is 11.5 Å². The minimum absolute atomic E-state index is 0.181. The molecule has 2 aromatic rings. The van der Waals surface area contributed by atoms with Gasteiger partial charge in [0.1, 0.15) is 0 Å². The number of urea groups is 1. The molecule has 0 aliphatic rings. The minimum Gasteiger partial charge on any atom is -0.493 e. The number of carbonyl (C=O) groups excluding carboxylic acids is 1. The Bertz CT molecular complexity index is 762. The fourth-order valence-electron chi connectivity index (χ4n) is 2.27. The predicted molar refractivity (Wildman–Crippen MR) is 103 cm³/mol. The zero-order valence-electron chi connectivity index (χ0n) is 14.4. The number of halogens is 1. The van der Waals surface area contributed by atoms with Crippen LogP contribution in [0.15, 0.2) is 53.1 Å². The Morgan fingerprint density at radius 3 is 2.56 bits per heavy atom. The number of rotatable bonds is 6. The summed E-state index contributed by atoms with van der Waals surface area (Å²) in [5.41, 5.74) is 1.91. The van der Waals surface area contributed by atoms with E-state index in [1.807, 2.05) is 55.5 Å². The number of methoxy groups -OCH3 is 2. The molecule has 6 heteroatoms. The van der Waals surface area contributed by atoms with Crippen LogP contribution in [0, 0.1) is 0 Å². The summed E-state index contributed by atoms with van der Waals surface area (Å²) >= 11 is 3.41. The topological polar surface area (TPSA) is 59.6 Å². The number of hydrogen-bond donors (Lipinski definition) is 2. The first-order chi connectivity index (χ1) is 12.0. The van der Waals surface area contributed by atoms with Gasteiger partial charge in [-0.3, -0.25) is 0 Å². The lowest BCUT2D eigenvalue weighted by atomic mass is 10.1. The molecule has 5 nitrogen and oxygen atoms in total. The summed E-state index contributed by atoms with van der Waals surface area (Å²) in [6.07, 6.45) is 3.43. The Labute approximate surface area is 156 Å². The molecule has 0 spiro atoms. The lowest BCUT2D eigenvalue weighted by molar-refractivity contribution is 0.241. The third-order valence-corrected chi connectivity index (χ3v) is 4.09. The predicted octanol–water partition coefficient (Wildman–Crippen LogP) is 4.50. The van der Waals surface area contributed by atoms with E-state index in [4.69, 9.17) is 9.47 Å². The normalized spacial score (nSPS) is 11.8. The summed E-state index contributed by atoms with van der Waals surface area (Å²) in [6.45, 7) is 1.90. The second-order valence-electron chi connectivity index (χ2n) is 5.34. The third-order valence-electron chi connectivity index (χ3n) is 3.59. The fraction of sp³-hybridized carbons (Fsp3) is 0.211. The maximum atomic E-state index is 12.0. The molecule has 1 unspecified atom stereocenters. The van der Waals surface area contributed by atoms with Crippen molar-refractivity contribution in [3.63, 3.8) is 0 Å². The fourth-order valence-corrected chi connectivity index (χ4v) is 2.68. The van der Waals surface area contributed by atoms with Crippen molar-refractivity contribution in [1.29, 1.82) is 0 Å². The van der Waals surface area contributed by atoms with Crippen molar-refractivity contribution in [1.82, 2.24) is 10.6 Å². The molecule has 1 atom stereocenters. The van der Waals surface area contributed by atoms with Crippen LogP contribution in [-0.4, -0.2) is 20.3 Å². The second-order valence-corrected chi connectivity index (χ2v) is 6.26. The molecule has 0 fully saturated rings. The molecule has 2 N–H and O–H groups in total. The number of amides is 2. The van der Waals surface area contributed by atoms with E-state index in [1.54, 1.807) is 20.4 Å². The van der Waals surface area contributed by atoms with Crippen LogP contribution < -0.4 is 20.1 Å². The van der Waals surface area contributed by atoms with Crippen LogP contribution in [0.1, 0.15) is 24.1 Å². The maximum Gasteiger partial charge on any atom is 0.319 e. The van der Waals surface area contributed by atoms with Crippen molar-refractivity contribution < 1.29 is 14.3 Å². The molecular weight excluding hydrogens is 384 g/mol. The summed E-state index contributed by atoms with van der Waals surface area (Å²) in [4.78, 5) is 12.0. The Morgan fingerprint density at radius 1 is 1.12 bits per heavy atom. The lowest BCUT2D eigenvalue weighted by Gasteiger charge is -2.16. The Hall–Kier alpha value is -2.47. The van der Waals surface area contributed by atoms with E-state index < -0.39 is 0 Å². The van der Waals surface area contributed by atoms with Gasteiger partial charge in [0.2, 0.25) is 0 Å². The molecule has 25 heavy (non-hydrogen) atoms. The van der Waals surface area contributed by atoms with Crippen LogP contribution in [0.25, 0.3) is 6.08 Å². The third kappa shape index (κ3) is 5.53. The SMILES string of the molecule is COc1ccc(C(C)NC(=O)N/C=C/c2cccc(Br)c2)cc1OC. The van der Waals surface area contributed by atoms with Crippen molar-refractivity contribution in [2.75, 3.05) is 14.2 Å². The molecule has 2 amide bonds. The van der Waals surface area contributed by atoms with Crippen molar-refractivity contribution in [3.8, 4) is 11.5 Å². The van der Waals surface area contributed by atoms with Gasteiger partial charge in [-0.05, 0) is 48.4 Å². The number of ether oxygens (including phenoxy) is 2. The van der Waals surface area contributed by atoms with Crippen LogP contribution in [0.3, 0.4) is 0 Å². The van der Waals surface area contributed by atoms with Crippen LogP contribution in [0.2, 0.25) is 0 Å². The van der Waals surface area contributed by atoms with Gasteiger partial charge in [-0.2, -0.15) is 0 Å². The maximum absolute atomic E-state index is 12.0. The number of nitrogens with one attached hydrogen (secondary N) is 2. The number of carbonyl (C=O) groups is 1. The van der Waals surface area contributed by atoms with Gasteiger partial charge in [-0.1, -0.05) is 34.1 Å². The van der Waals surface area contributed by atoms with Crippen LogP contribution >= 0.6 is 15.9 Å². The number of benzene rings is 2. The molecule has 0 radical (unpaired) electrons. The van der Waals surface area contributed by atoms with Gasteiger partial charge >= 0.3 is 6.03 Å². The average Bonchev–Trinajstić information content (AvgIpc) is 2.61. The summed E-state index contributed by atoms with van der Waals surface area (Å²) < 4.78 is 11.5. The lowest BCUT2D eigenvalue weighted by Crippen LogP contribution is -2.34. The zero-order chi connectivity index (χ0) is 18.2. The zero-order valence-corrected chi connectivity index (χ0v) is 16.0. The highest BCUT2D eigenvalue weighted by Gasteiger charge is 2.12. The molecule has 0 saturated carbocycles. The highest BCUT2D eigenvalue weighted by atomic mass is 79.9. The monoisotopic (exact) mass is 404 g/mol. The average molecular weight is 405 g/mol. The first-order valence-electron chi connectivity index (χ1n) is 7.74. The highest BCUT2D eigenvalue weighted by molar-refractivity contribution is 9.10. The smallest absolute Gasteiger partial charge is 0.319 e. The van der Waals surface area contributed by atoms with E-state index >= 15 is 0 Å². The van der Waals surface area contributed by atoms with E-state index in [0.717, 1.165) is 15.6 Å². The van der Waals surface area contributed by atoms with Crippen molar-refractivity contribution in [2.24, 2.45) is 0 Å². The van der Waals surface area contributed by atoms with E-state index in [2.05, 4.69) is 26.6 Å². The quantitative estimate of drug-likeness (QED) is 0.744. The van der Waals surface area contributed by atoms with Crippen molar-refractivity contribution >= 4 is 28.0 Å². The Morgan fingerprint density at radius 2 is 1.88 bits per heavy atom. The van der Waals surface area contributed by atoms with Gasteiger partial charge in [0.15, 0.2) is 11.5 Å². The van der Waals surface area contributed by atoms with E-state index in [-0.39, 0.29) is 12.1 Å². The Balaban J connectivity index is 1.93. The first kappa shape index (κ1) is 18.9. The van der Waals surface area contributed by atoms with E-state index in [1.165, 1.54) is 0 Å². The molecule has 2 aromatic carbocycles. The van der Waals surface area contributed by atoms with Crippen LogP contribution in [0.4, 0.5) is 4.79 Å². The number of hydrogen-bond acceptors (Lipinski definition) is 3. The molecule has 0 bridgehead atoms. The second kappa shape index (κ2) is 9.13. The summed E-state index contributed by atoms with van der Waals surface area (Å²) in [5.74, 6) is 1.28. The molecule has 2 rings (SSSR count). The molecule has 0 saturated heterocycles. The largest absolute Gasteiger partial charge is 0.493 e. The molecule has 0 aliphatic carbocycles. The van der Waals surface area contributed by atoms with Crippen LogP contribution in [0.5, 0.6) is 11.5 Å². The standard InChI is InChI=1S/C19H21BrN2O3/c1-13(15-7-8-17(24-2)18(12-15)25-3)22-19(23)21-10-9-14-5-4-6-16(20)11-14/h4-13H,1-3H3,(H2,21,22,23)/b10-9+. The van der Waals surface area contributed by atoms with Gasteiger partial charge in [0, 0.05) is 10.7 Å². The molecular formula is C19H21BrN2O3. The molecule has 0 aromatic heterocycles. The van der Waals surface area contributed by atoms with Gasteiger partial charge in [0.25, 0.3) is 0 Å². The van der Waals surface area contributed by atoms with E-state index in [9.17, 15) is 4.79 Å². The van der Waals surface area contributed by atoms with Gasteiger partial charge in [0.05, 0.1) is 20.3 Å². The Kier molecular flexibility index (Phi) is 6.89. The molecule has 0 aliphatic heterocycles. The first-order valence-corrected chi connectivity index (χ1v) is 8.54. The van der Waals surface area contributed by atoms with Crippen LogP contribution in [-0.2, 0) is 0 Å². The van der Waals surface area contributed by atoms with Crippen molar-refractivity contribution in [2.45, 2.75) is 13.0 Å². The summed E-state index contributed by atoms with van der Waals surface area (Å²) in [7, 11) is 3.17. The molecule has 0 heterocycles. The van der Waals surface area contributed by atoms with Crippen molar-refractivity contribution in [3.05, 3.63) is 64.3 Å². The minimum atomic E-state index is -0.284. The van der Waals surface area contributed by atoms with Gasteiger partial charge in [-0.25, -0.2) is 4.79 Å². The summed E-state index contributed by atoms with van der Waals surface area (Å²) in [6, 6.07) is 12.9. The molecule has 132 valence electrons. The van der Waals surface area contributed by atoms with Gasteiger partial charge < -0.3 is 20.1 Å². The summed E-state index contributed by atoms with van der Waals surface area (Å²) in [5, 5.41) is 5.58.